The zero-order valence-electron chi connectivity index (χ0n) is 10.9. The van der Waals surface area contributed by atoms with E-state index in [9.17, 15) is 10.1 Å². The Labute approximate surface area is 111 Å². The number of likely N-dealkylation sites (tertiary alicyclic amines) is 1. The van der Waals surface area contributed by atoms with Crippen LogP contribution in [0.2, 0.25) is 0 Å². The Morgan fingerprint density at radius 1 is 1.53 bits per heavy atom. The summed E-state index contributed by atoms with van der Waals surface area (Å²) in [7, 11) is 2.08. The maximum Gasteiger partial charge on any atom is 0.316 e. The molecule has 0 amide bonds. The number of nitrogens with zero attached hydrogens (tertiary/aromatic N) is 2. The van der Waals surface area contributed by atoms with Crippen LogP contribution in [0.1, 0.15) is 12.8 Å². The van der Waals surface area contributed by atoms with E-state index in [0.29, 0.717) is 24.0 Å². The van der Waals surface area contributed by atoms with Crippen LogP contribution in [0.5, 0.6) is 0 Å². The summed E-state index contributed by atoms with van der Waals surface area (Å²) in [5, 5.41) is 14.3. The Balaban J connectivity index is 2.13. The van der Waals surface area contributed by atoms with E-state index < -0.39 is 4.92 Å². The van der Waals surface area contributed by atoms with Crippen molar-refractivity contribution in [3.05, 3.63) is 28.3 Å². The lowest BCUT2D eigenvalue weighted by Crippen LogP contribution is -2.31. The smallest absolute Gasteiger partial charge is 0.316 e. The zero-order valence-corrected chi connectivity index (χ0v) is 10.9. The number of nitrogen functional groups attached to an aromatic ring is 1. The molecular weight excluding hydrogens is 246 g/mol. The Kier molecular flexibility index (Phi) is 4.18. The van der Waals surface area contributed by atoms with Gasteiger partial charge < -0.3 is 15.6 Å². The third-order valence-electron chi connectivity index (χ3n) is 3.57. The number of nitro groups is 1. The molecule has 1 aliphatic heterocycles. The standard InChI is InChI=1S/C12H19N5O2/c1-16-7-3-4-9(16)8-14-10-5-2-6-11(15-13)12(10)17(18)19/h2,5-6,9,14-15H,3-4,7-8,13H2,1H3. The van der Waals surface area contributed by atoms with Gasteiger partial charge in [0.05, 0.1) is 4.92 Å². The normalized spacial score (nSPS) is 19.4. The van der Waals surface area contributed by atoms with E-state index in [4.69, 9.17) is 5.84 Å². The minimum atomic E-state index is -0.421. The fourth-order valence-corrected chi connectivity index (χ4v) is 2.46. The van der Waals surface area contributed by atoms with Crippen molar-refractivity contribution in [3.8, 4) is 0 Å². The lowest BCUT2D eigenvalue weighted by molar-refractivity contribution is -0.383. The maximum atomic E-state index is 11.1. The van der Waals surface area contributed by atoms with Gasteiger partial charge in [-0.1, -0.05) is 6.07 Å². The summed E-state index contributed by atoms with van der Waals surface area (Å²) in [5.41, 5.74) is 3.17. The Hall–Kier alpha value is -1.86. The van der Waals surface area contributed by atoms with Crippen LogP contribution in [0.4, 0.5) is 17.1 Å². The van der Waals surface area contributed by atoms with Gasteiger partial charge >= 0.3 is 5.69 Å². The van der Waals surface area contributed by atoms with Crippen molar-refractivity contribution in [1.82, 2.24) is 4.90 Å². The third-order valence-corrected chi connectivity index (χ3v) is 3.57. The maximum absolute atomic E-state index is 11.1. The summed E-state index contributed by atoms with van der Waals surface area (Å²) >= 11 is 0. The summed E-state index contributed by atoms with van der Waals surface area (Å²) in [6, 6.07) is 5.45. The van der Waals surface area contributed by atoms with Crippen molar-refractivity contribution in [2.24, 2.45) is 5.84 Å². The van der Waals surface area contributed by atoms with E-state index in [1.54, 1.807) is 18.2 Å². The molecule has 19 heavy (non-hydrogen) atoms. The van der Waals surface area contributed by atoms with Crippen LogP contribution in [0.15, 0.2) is 18.2 Å². The van der Waals surface area contributed by atoms with Crippen molar-refractivity contribution in [3.63, 3.8) is 0 Å². The fraction of sp³-hybridized carbons (Fsp3) is 0.500. The number of rotatable bonds is 5. The predicted molar refractivity (Wildman–Crippen MR) is 75.0 cm³/mol. The molecule has 1 heterocycles. The highest BCUT2D eigenvalue weighted by molar-refractivity contribution is 5.75. The molecule has 0 bridgehead atoms. The molecule has 0 aromatic heterocycles. The highest BCUT2D eigenvalue weighted by Gasteiger charge is 2.23. The number of likely N-dealkylation sites (N-methyl/N-ethyl adjacent to an activating group) is 1. The highest BCUT2D eigenvalue weighted by atomic mass is 16.6. The molecule has 4 N–H and O–H groups in total. The predicted octanol–water partition coefficient (Wildman–Crippen LogP) is 1.39. The van der Waals surface area contributed by atoms with E-state index in [1.165, 1.54) is 6.42 Å². The number of nitrogens with one attached hydrogen (secondary N) is 2. The molecule has 0 radical (unpaired) electrons. The molecule has 2 rings (SSSR count). The first-order chi connectivity index (χ1) is 9.13. The van der Waals surface area contributed by atoms with Crippen LogP contribution < -0.4 is 16.6 Å². The number of hydrogen-bond acceptors (Lipinski definition) is 6. The number of benzene rings is 1. The largest absolute Gasteiger partial charge is 0.378 e. The summed E-state index contributed by atoms with van der Waals surface area (Å²) in [6.45, 7) is 1.78. The van der Waals surface area contributed by atoms with Gasteiger partial charge in [-0.3, -0.25) is 16.0 Å². The van der Waals surface area contributed by atoms with Crippen LogP contribution in [-0.4, -0.2) is 36.0 Å². The average molecular weight is 265 g/mol. The fourth-order valence-electron chi connectivity index (χ4n) is 2.46. The van der Waals surface area contributed by atoms with Crippen LogP contribution in [0.25, 0.3) is 0 Å². The molecule has 7 heteroatoms. The topological polar surface area (TPSA) is 96.5 Å². The van der Waals surface area contributed by atoms with E-state index in [-0.39, 0.29) is 5.69 Å². The van der Waals surface area contributed by atoms with Gasteiger partial charge in [-0.25, -0.2) is 0 Å². The Bertz CT molecular complexity index is 465. The SMILES string of the molecule is CN1CCCC1CNc1cccc(NN)c1[N+](=O)[O-]. The molecule has 1 atom stereocenters. The monoisotopic (exact) mass is 265 g/mol. The number of hydrazine groups is 1. The van der Waals surface area contributed by atoms with Crippen molar-refractivity contribution in [1.29, 1.82) is 0 Å². The molecule has 7 nitrogen and oxygen atoms in total. The van der Waals surface area contributed by atoms with Crippen LogP contribution >= 0.6 is 0 Å². The van der Waals surface area contributed by atoms with Gasteiger partial charge in [0.1, 0.15) is 11.4 Å². The van der Waals surface area contributed by atoms with Gasteiger partial charge in [-0.2, -0.15) is 0 Å². The molecule has 1 aliphatic rings. The van der Waals surface area contributed by atoms with E-state index in [1.807, 2.05) is 0 Å². The summed E-state index contributed by atoms with van der Waals surface area (Å²) in [5.74, 6) is 5.31. The first-order valence-corrected chi connectivity index (χ1v) is 6.31. The molecule has 0 saturated carbocycles. The van der Waals surface area contributed by atoms with Crippen molar-refractivity contribution < 1.29 is 4.92 Å². The van der Waals surface area contributed by atoms with Gasteiger partial charge in [0.2, 0.25) is 0 Å². The van der Waals surface area contributed by atoms with Crippen molar-refractivity contribution >= 4 is 17.1 Å². The number of hydrogen-bond donors (Lipinski definition) is 3. The minimum Gasteiger partial charge on any atom is -0.378 e. The van der Waals surface area contributed by atoms with Crippen molar-refractivity contribution in [2.75, 3.05) is 30.9 Å². The molecule has 0 spiro atoms. The van der Waals surface area contributed by atoms with Gasteiger partial charge in [-0.15, -0.1) is 0 Å². The van der Waals surface area contributed by atoms with Crippen LogP contribution in [-0.2, 0) is 0 Å². The second-order valence-electron chi connectivity index (χ2n) is 4.76. The second kappa shape index (κ2) is 5.85. The number of nitrogens with two attached hydrogens (primary N) is 1. The van der Waals surface area contributed by atoms with Crippen LogP contribution in [0, 0.1) is 10.1 Å². The number of para-hydroxylation sites is 1. The van der Waals surface area contributed by atoms with Gasteiger partial charge in [0, 0.05) is 12.6 Å². The highest BCUT2D eigenvalue weighted by Crippen LogP contribution is 2.32. The Morgan fingerprint density at radius 2 is 2.26 bits per heavy atom. The molecule has 0 aliphatic carbocycles. The molecule has 1 fully saturated rings. The molecule has 1 saturated heterocycles. The van der Waals surface area contributed by atoms with Gasteiger partial charge in [-0.05, 0) is 38.6 Å². The van der Waals surface area contributed by atoms with E-state index in [2.05, 4.69) is 22.7 Å². The summed E-state index contributed by atoms with van der Waals surface area (Å²) < 4.78 is 0. The van der Waals surface area contributed by atoms with E-state index >= 15 is 0 Å². The lowest BCUT2D eigenvalue weighted by atomic mass is 10.2. The average Bonchev–Trinajstić information content (AvgIpc) is 2.81. The molecule has 1 aromatic rings. The Morgan fingerprint density at radius 3 is 2.84 bits per heavy atom. The summed E-state index contributed by atoms with van der Waals surface area (Å²) in [6.07, 6.45) is 2.29. The summed E-state index contributed by atoms with van der Waals surface area (Å²) in [4.78, 5) is 13.0. The third kappa shape index (κ3) is 2.94. The molecule has 1 aromatic carbocycles. The minimum absolute atomic E-state index is 0.00866. The molecule has 1 unspecified atom stereocenters. The lowest BCUT2D eigenvalue weighted by Gasteiger charge is -2.20. The van der Waals surface area contributed by atoms with E-state index in [0.717, 1.165) is 13.0 Å². The van der Waals surface area contributed by atoms with Crippen LogP contribution in [0.3, 0.4) is 0 Å². The van der Waals surface area contributed by atoms with Crippen molar-refractivity contribution in [2.45, 2.75) is 18.9 Å². The molecule has 104 valence electrons. The molecular formula is C12H19N5O2. The van der Waals surface area contributed by atoms with Gasteiger partial charge in [0.25, 0.3) is 0 Å². The van der Waals surface area contributed by atoms with Gasteiger partial charge in [0.15, 0.2) is 0 Å². The second-order valence-corrected chi connectivity index (χ2v) is 4.76. The first kappa shape index (κ1) is 13.6. The zero-order chi connectivity index (χ0) is 13.8. The first-order valence-electron chi connectivity index (χ1n) is 6.31. The quantitative estimate of drug-likeness (QED) is 0.423. The number of anilines is 2. The number of nitro benzene ring substituents is 1.